The number of hydrogen-bond donors (Lipinski definition) is 1. The number of aromatic nitrogens is 5. The Morgan fingerprint density at radius 2 is 2.09 bits per heavy atom. The summed E-state index contributed by atoms with van der Waals surface area (Å²) in [6.45, 7) is 5.65. The number of nitrogens with zero attached hydrogens (tertiary/aromatic N) is 5. The Labute approximate surface area is 190 Å². The molecule has 32 heavy (non-hydrogen) atoms. The summed E-state index contributed by atoms with van der Waals surface area (Å²) < 4.78 is 2.02. The van der Waals surface area contributed by atoms with Crippen molar-refractivity contribution in [3.05, 3.63) is 59.3 Å². The number of nitrogens with one attached hydrogen (secondary N) is 1. The summed E-state index contributed by atoms with van der Waals surface area (Å²) in [6.07, 6.45) is 9.21. The average molecular weight is 445 g/mol. The van der Waals surface area contributed by atoms with E-state index in [1.54, 1.807) is 6.20 Å². The second-order valence-corrected chi connectivity index (χ2v) is 8.97. The molecule has 8 heteroatoms. The van der Waals surface area contributed by atoms with Crippen molar-refractivity contribution in [1.82, 2.24) is 24.7 Å². The minimum Gasteiger partial charge on any atom is -0.302 e. The quantitative estimate of drug-likeness (QED) is 0.490. The fourth-order valence-electron chi connectivity index (χ4n) is 4.15. The monoisotopic (exact) mass is 444 g/mol. The van der Waals surface area contributed by atoms with Crippen LogP contribution in [-0.4, -0.2) is 30.6 Å². The number of thiazole rings is 1. The topological polar surface area (TPSA) is 85.6 Å². The highest BCUT2D eigenvalue weighted by atomic mass is 32.1. The van der Waals surface area contributed by atoms with Gasteiger partial charge < -0.3 is 5.32 Å². The Bertz CT molecular complexity index is 1300. The SMILES string of the molecule is CCc1ccc(-c2nn(-c3ccncc3C)c3c2CCCc2nc(NC(C)=O)sc2-3)cn1. The van der Waals surface area contributed by atoms with E-state index in [2.05, 4.69) is 34.3 Å². The molecule has 4 aromatic rings. The van der Waals surface area contributed by atoms with Crippen molar-refractivity contribution in [3.8, 4) is 27.5 Å². The molecule has 4 heterocycles. The summed E-state index contributed by atoms with van der Waals surface area (Å²) in [5.74, 6) is -0.115. The number of carbonyl (C=O) groups excluding carboxylic acids is 1. The van der Waals surface area contributed by atoms with Crippen LogP contribution >= 0.6 is 11.3 Å². The predicted octanol–water partition coefficient (Wildman–Crippen LogP) is 4.77. The first kappa shape index (κ1) is 20.5. The minimum absolute atomic E-state index is 0.115. The number of hydrogen-bond acceptors (Lipinski definition) is 6. The summed E-state index contributed by atoms with van der Waals surface area (Å²) in [7, 11) is 0. The lowest BCUT2D eigenvalue weighted by atomic mass is 10.0. The summed E-state index contributed by atoms with van der Waals surface area (Å²) >= 11 is 1.51. The van der Waals surface area contributed by atoms with Gasteiger partial charge in [0, 0.05) is 42.3 Å². The van der Waals surface area contributed by atoms with Gasteiger partial charge in [0.15, 0.2) is 5.13 Å². The van der Waals surface area contributed by atoms with E-state index in [0.717, 1.165) is 70.2 Å². The van der Waals surface area contributed by atoms with E-state index in [-0.39, 0.29) is 5.91 Å². The standard InChI is InChI=1S/C24H24N6OS/c1-4-17-9-8-16(13-26-17)21-18-6-5-7-19-23(32-24(28-19)27-15(3)31)22(18)30(29-21)20-10-11-25-12-14(20)2/h8-13H,4-7H2,1-3H3,(H,27,28,31). The molecule has 0 spiro atoms. The van der Waals surface area contributed by atoms with Gasteiger partial charge in [0.05, 0.1) is 27.6 Å². The van der Waals surface area contributed by atoms with E-state index in [9.17, 15) is 4.79 Å². The Kier molecular flexibility index (Phi) is 5.30. The Morgan fingerprint density at radius 3 is 2.81 bits per heavy atom. The van der Waals surface area contributed by atoms with Gasteiger partial charge in [0.1, 0.15) is 0 Å². The van der Waals surface area contributed by atoms with Gasteiger partial charge in [-0.05, 0) is 56.4 Å². The second kappa shape index (κ2) is 8.27. The molecule has 0 saturated heterocycles. The number of amides is 1. The van der Waals surface area contributed by atoms with Crippen molar-refractivity contribution in [2.75, 3.05) is 5.32 Å². The lowest BCUT2D eigenvalue weighted by Gasteiger charge is -2.09. The molecule has 0 saturated carbocycles. The molecule has 0 radical (unpaired) electrons. The number of anilines is 1. The van der Waals surface area contributed by atoms with E-state index in [4.69, 9.17) is 10.1 Å². The van der Waals surface area contributed by atoms with Crippen molar-refractivity contribution in [2.45, 2.75) is 46.5 Å². The summed E-state index contributed by atoms with van der Waals surface area (Å²) in [5.41, 5.74) is 8.32. The number of fused-ring (bicyclic) bond motifs is 3. The Balaban J connectivity index is 1.76. The third kappa shape index (κ3) is 3.60. The highest BCUT2D eigenvalue weighted by Gasteiger charge is 2.28. The van der Waals surface area contributed by atoms with Gasteiger partial charge in [0.25, 0.3) is 0 Å². The van der Waals surface area contributed by atoms with Crippen molar-refractivity contribution >= 4 is 22.4 Å². The fraction of sp³-hybridized carbons (Fsp3) is 0.292. The van der Waals surface area contributed by atoms with Crippen molar-refractivity contribution < 1.29 is 4.79 Å². The lowest BCUT2D eigenvalue weighted by Crippen LogP contribution is -2.05. The first-order valence-corrected chi connectivity index (χ1v) is 11.6. The zero-order valence-corrected chi connectivity index (χ0v) is 19.2. The van der Waals surface area contributed by atoms with E-state index in [1.807, 2.05) is 30.1 Å². The molecule has 0 aliphatic heterocycles. The maximum Gasteiger partial charge on any atom is 0.223 e. The third-order valence-corrected chi connectivity index (χ3v) is 6.72. The molecule has 0 fully saturated rings. The van der Waals surface area contributed by atoms with Gasteiger partial charge in [0.2, 0.25) is 5.91 Å². The molecular formula is C24H24N6OS. The number of pyridine rings is 2. The molecule has 0 unspecified atom stereocenters. The Morgan fingerprint density at radius 1 is 1.22 bits per heavy atom. The zero-order chi connectivity index (χ0) is 22.2. The molecule has 5 rings (SSSR count). The van der Waals surface area contributed by atoms with Crippen LogP contribution in [0.25, 0.3) is 27.5 Å². The van der Waals surface area contributed by atoms with Crippen LogP contribution in [0.3, 0.4) is 0 Å². The summed E-state index contributed by atoms with van der Waals surface area (Å²) in [5, 5.41) is 8.58. The lowest BCUT2D eigenvalue weighted by molar-refractivity contribution is -0.114. The largest absolute Gasteiger partial charge is 0.302 e. The van der Waals surface area contributed by atoms with Gasteiger partial charge >= 0.3 is 0 Å². The first-order chi connectivity index (χ1) is 15.5. The van der Waals surface area contributed by atoms with Gasteiger partial charge in [-0.2, -0.15) is 5.10 Å². The fourth-order valence-corrected chi connectivity index (χ4v) is 5.26. The van der Waals surface area contributed by atoms with Crippen LogP contribution in [0.4, 0.5) is 5.13 Å². The van der Waals surface area contributed by atoms with E-state index >= 15 is 0 Å². The van der Waals surface area contributed by atoms with Gasteiger partial charge in [-0.25, -0.2) is 9.67 Å². The van der Waals surface area contributed by atoms with Crippen molar-refractivity contribution in [2.24, 2.45) is 0 Å². The van der Waals surface area contributed by atoms with E-state index < -0.39 is 0 Å². The van der Waals surface area contributed by atoms with Gasteiger partial charge in [-0.3, -0.25) is 14.8 Å². The van der Waals surface area contributed by atoms with Crippen molar-refractivity contribution in [1.29, 1.82) is 0 Å². The third-order valence-electron chi connectivity index (χ3n) is 5.70. The van der Waals surface area contributed by atoms with Crippen LogP contribution < -0.4 is 5.32 Å². The molecule has 4 aromatic heterocycles. The van der Waals surface area contributed by atoms with Crippen LogP contribution in [0.2, 0.25) is 0 Å². The van der Waals surface area contributed by atoms with Crippen LogP contribution in [0.5, 0.6) is 0 Å². The molecule has 1 aliphatic rings. The van der Waals surface area contributed by atoms with Gasteiger partial charge in [-0.15, -0.1) is 0 Å². The molecule has 1 N–H and O–H groups in total. The minimum atomic E-state index is -0.115. The average Bonchev–Trinajstić information content (AvgIpc) is 3.30. The summed E-state index contributed by atoms with van der Waals surface area (Å²) in [4.78, 5) is 26.3. The van der Waals surface area contributed by atoms with E-state index in [0.29, 0.717) is 5.13 Å². The second-order valence-electron chi connectivity index (χ2n) is 7.97. The van der Waals surface area contributed by atoms with Gasteiger partial charge in [-0.1, -0.05) is 18.3 Å². The highest BCUT2D eigenvalue weighted by Crippen LogP contribution is 2.43. The molecule has 7 nitrogen and oxygen atoms in total. The maximum atomic E-state index is 11.6. The number of carbonyl (C=O) groups is 1. The molecule has 0 bridgehead atoms. The number of aryl methyl sites for hydroxylation is 3. The molecule has 1 aliphatic carbocycles. The van der Waals surface area contributed by atoms with Crippen LogP contribution in [0, 0.1) is 6.92 Å². The Hall–Kier alpha value is -3.39. The van der Waals surface area contributed by atoms with Crippen LogP contribution in [0.15, 0.2) is 36.8 Å². The predicted molar refractivity (Wildman–Crippen MR) is 126 cm³/mol. The molecular weight excluding hydrogens is 420 g/mol. The highest BCUT2D eigenvalue weighted by molar-refractivity contribution is 7.19. The molecule has 162 valence electrons. The molecule has 0 atom stereocenters. The first-order valence-electron chi connectivity index (χ1n) is 10.8. The van der Waals surface area contributed by atoms with Crippen LogP contribution in [0.1, 0.15) is 42.8 Å². The normalized spacial score (nSPS) is 12.7. The summed E-state index contributed by atoms with van der Waals surface area (Å²) in [6, 6.07) is 6.17. The smallest absolute Gasteiger partial charge is 0.223 e. The number of rotatable bonds is 4. The van der Waals surface area contributed by atoms with Crippen LogP contribution in [-0.2, 0) is 24.1 Å². The maximum absolute atomic E-state index is 11.6. The zero-order valence-electron chi connectivity index (χ0n) is 18.3. The van der Waals surface area contributed by atoms with Crippen molar-refractivity contribution in [3.63, 3.8) is 0 Å². The molecule has 0 aromatic carbocycles. The van der Waals surface area contributed by atoms with E-state index in [1.165, 1.54) is 23.8 Å². The molecule has 1 amide bonds.